The first-order valence-electron chi connectivity index (χ1n) is 6.40. The maximum atomic E-state index is 3.88. The van der Waals surface area contributed by atoms with Crippen molar-refractivity contribution in [1.82, 2.24) is 0 Å². The number of alkyl halides is 1. The Labute approximate surface area is 98.0 Å². The molecule has 0 radical (unpaired) electrons. The van der Waals surface area contributed by atoms with Gasteiger partial charge in [0, 0.05) is 4.32 Å². The van der Waals surface area contributed by atoms with Gasteiger partial charge in [-0.1, -0.05) is 73.7 Å². The van der Waals surface area contributed by atoms with Gasteiger partial charge in [-0.25, -0.2) is 0 Å². The Bertz CT molecular complexity index is 126. The second kappa shape index (κ2) is 6.87. The molecule has 84 valence electrons. The topological polar surface area (TPSA) is 0 Å². The van der Waals surface area contributed by atoms with Crippen LogP contribution in [0.4, 0.5) is 0 Å². The Morgan fingerprint density at radius 2 is 0.929 bits per heavy atom. The zero-order valence-electron chi connectivity index (χ0n) is 9.66. The summed E-state index contributed by atoms with van der Waals surface area (Å²) in [6, 6.07) is 0. The summed E-state index contributed by atoms with van der Waals surface area (Å²) in [6.45, 7) is 2.37. The van der Waals surface area contributed by atoms with Gasteiger partial charge in [0.2, 0.25) is 0 Å². The molecule has 0 aliphatic heterocycles. The van der Waals surface area contributed by atoms with Crippen LogP contribution in [0.15, 0.2) is 0 Å². The fourth-order valence-electron chi connectivity index (χ4n) is 2.35. The van der Waals surface area contributed by atoms with Gasteiger partial charge in [-0.2, -0.15) is 0 Å². The Kier molecular flexibility index (Phi) is 6.16. The lowest BCUT2D eigenvalue weighted by Gasteiger charge is -2.22. The maximum absolute atomic E-state index is 3.88. The lowest BCUT2D eigenvalue weighted by molar-refractivity contribution is 0.457. The fourth-order valence-corrected chi connectivity index (χ4v) is 2.91. The molecule has 1 aliphatic carbocycles. The Balaban J connectivity index is 2.24. The molecule has 14 heavy (non-hydrogen) atoms. The van der Waals surface area contributed by atoms with Crippen LogP contribution in [0, 0.1) is 0 Å². The van der Waals surface area contributed by atoms with Crippen molar-refractivity contribution in [2.75, 3.05) is 0 Å². The van der Waals surface area contributed by atoms with E-state index < -0.39 is 0 Å². The Morgan fingerprint density at radius 1 is 0.643 bits per heavy atom. The molecular weight excluding hydrogens is 236 g/mol. The first-order valence-corrected chi connectivity index (χ1v) is 7.19. The largest absolute Gasteiger partial charge is 0.0856 e. The lowest BCUT2D eigenvalue weighted by atomic mass is 9.94. The van der Waals surface area contributed by atoms with Gasteiger partial charge in [0.25, 0.3) is 0 Å². The van der Waals surface area contributed by atoms with Crippen molar-refractivity contribution in [1.29, 1.82) is 0 Å². The standard InChI is InChI=1S/C13H25Br/c1-13(14)11-9-7-5-3-2-4-6-8-10-12-13/h2-12H2,1H3. The summed E-state index contributed by atoms with van der Waals surface area (Å²) in [7, 11) is 0. The van der Waals surface area contributed by atoms with E-state index >= 15 is 0 Å². The highest BCUT2D eigenvalue weighted by atomic mass is 79.9. The Hall–Kier alpha value is 0.480. The van der Waals surface area contributed by atoms with Crippen LogP contribution < -0.4 is 0 Å². The first-order chi connectivity index (χ1) is 6.71. The number of hydrogen-bond donors (Lipinski definition) is 0. The summed E-state index contributed by atoms with van der Waals surface area (Å²) in [6.07, 6.45) is 15.8. The molecule has 0 N–H and O–H groups in total. The predicted octanol–water partition coefficient (Wildman–Crippen LogP) is 5.44. The highest BCUT2D eigenvalue weighted by molar-refractivity contribution is 9.10. The van der Waals surface area contributed by atoms with Crippen molar-refractivity contribution in [3.05, 3.63) is 0 Å². The zero-order chi connectivity index (χ0) is 10.3. The van der Waals surface area contributed by atoms with Crippen LogP contribution in [-0.2, 0) is 0 Å². The number of hydrogen-bond acceptors (Lipinski definition) is 0. The van der Waals surface area contributed by atoms with Crippen LogP contribution in [0.25, 0.3) is 0 Å². The predicted molar refractivity (Wildman–Crippen MR) is 68.1 cm³/mol. The molecule has 1 fully saturated rings. The van der Waals surface area contributed by atoms with Crippen LogP contribution in [0.1, 0.15) is 77.6 Å². The van der Waals surface area contributed by atoms with Crippen LogP contribution in [0.5, 0.6) is 0 Å². The minimum Gasteiger partial charge on any atom is -0.0856 e. The minimum absolute atomic E-state index is 0.437. The smallest absolute Gasteiger partial charge is 0.0229 e. The molecule has 0 aromatic heterocycles. The molecule has 0 nitrogen and oxygen atoms in total. The fraction of sp³-hybridized carbons (Fsp3) is 1.00. The van der Waals surface area contributed by atoms with E-state index in [1.807, 2.05) is 0 Å². The van der Waals surface area contributed by atoms with Gasteiger partial charge >= 0.3 is 0 Å². The van der Waals surface area contributed by atoms with E-state index in [1.54, 1.807) is 0 Å². The molecule has 1 rings (SSSR count). The molecule has 0 amide bonds. The summed E-state index contributed by atoms with van der Waals surface area (Å²) in [5.74, 6) is 0. The monoisotopic (exact) mass is 260 g/mol. The van der Waals surface area contributed by atoms with Crippen molar-refractivity contribution in [2.24, 2.45) is 0 Å². The van der Waals surface area contributed by atoms with Gasteiger partial charge < -0.3 is 0 Å². The van der Waals surface area contributed by atoms with Gasteiger partial charge in [0.15, 0.2) is 0 Å². The average molecular weight is 261 g/mol. The third kappa shape index (κ3) is 6.06. The van der Waals surface area contributed by atoms with E-state index in [-0.39, 0.29) is 0 Å². The number of rotatable bonds is 0. The number of halogens is 1. The Morgan fingerprint density at radius 3 is 1.29 bits per heavy atom. The van der Waals surface area contributed by atoms with Crippen molar-refractivity contribution < 1.29 is 0 Å². The quantitative estimate of drug-likeness (QED) is 0.509. The van der Waals surface area contributed by atoms with Gasteiger partial charge in [-0.05, 0) is 19.8 Å². The van der Waals surface area contributed by atoms with Crippen molar-refractivity contribution in [3.63, 3.8) is 0 Å². The van der Waals surface area contributed by atoms with Gasteiger partial charge in [-0.3, -0.25) is 0 Å². The van der Waals surface area contributed by atoms with E-state index in [1.165, 1.54) is 70.6 Å². The summed E-state index contributed by atoms with van der Waals surface area (Å²) < 4.78 is 0.437. The molecule has 0 aromatic carbocycles. The molecular formula is C13H25Br. The minimum atomic E-state index is 0.437. The van der Waals surface area contributed by atoms with Crippen LogP contribution >= 0.6 is 15.9 Å². The van der Waals surface area contributed by atoms with Gasteiger partial charge in [0.05, 0.1) is 0 Å². The highest BCUT2D eigenvalue weighted by Gasteiger charge is 2.18. The molecule has 0 saturated heterocycles. The van der Waals surface area contributed by atoms with E-state index in [0.29, 0.717) is 4.32 Å². The van der Waals surface area contributed by atoms with E-state index in [4.69, 9.17) is 0 Å². The van der Waals surface area contributed by atoms with Crippen LogP contribution in [-0.4, -0.2) is 4.32 Å². The molecule has 0 heterocycles. The lowest BCUT2D eigenvalue weighted by Crippen LogP contribution is -2.15. The average Bonchev–Trinajstić information content (AvgIpc) is 2.11. The maximum Gasteiger partial charge on any atom is 0.0229 e. The van der Waals surface area contributed by atoms with E-state index in [2.05, 4.69) is 22.9 Å². The second-order valence-corrected chi connectivity index (χ2v) is 7.01. The molecule has 0 spiro atoms. The highest BCUT2D eigenvalue weighted by Crippen LogP contribution is 2.31. The van der Waals surface area contributed by atoms with Crippen LogP contribution in [0.3, 0.4) is 0 Å². The third-order valence-corrected chi connectivity index (χ3v) is 4.19. The van der Waals surface area contributed by atoms with Crippen molar-refractivity contribution in [2.45, 2.75) is 81.9 Å². The zero-order valence-corrected chi connectivity index (χ0v) is 11.2. The summed E-state index contributed by atoms with van der Waals surface area (Å²) in [5.41, 5.74) is 0. The van der Waals surface area contributed by atoms with E-state index in [0.717, 1.165) is 0 Å². The molecule has 0 unspecified atom stereocenters. The molecule has 1 aliphatic rings. The molecule has 1 saturated carbocycles. The van der Waals surface area contributed by atoms with E-state index in [9.17, 15) is 0 Å². The summed E-state index contributed by atoms with van der Waals surface area (Å²) in [4.78, 5) is 0. The third-order valence-electron chi connectivity index (χ3n) is 3.40. The SMILES string of the molecule is CC1(Br)CCCCCCCCCCC1. The molecule has 0 atom stereocenters. The second-order valence-electron chi connectivity index (χ2n) is 5.10. The first kappa shape index (κ1) is 12.5. The van der Waals surface area contributed by atoms with Gasteiger partial charge in [-0.15, -0.1) is 0 Å². The summed E-state index contributed by atoms with van der Waals surface area (Å²) in [5, 5.41) is 0. The molecule has 0 bridgehead atoms. The van der Waals surface area contributed by atoms with Gasteiger partial charge in [0.1, 0.15) is 0 Å². The molecule has 1 heteroatoms. The van der Waals surface area contributed by atoms with Crippen molar-refractivity contribution >= 4 is 15.9 Å². The van der Waals surface area contributed by atoms with Crippen LogP contribution in [0.2, 0.25) is 0 Å². The summed E-state index contributed by atoms with van der Waals surface area (Å²) >= 11 is 3.88. The molecule has 0 aromatic rings. The van der Waals surface area contributed by atoms with Crippen molar-refractivity contribution in [3.8, 4) is 0 Å². The normalized spacial score (nSPS) is 26.1.